The van der Waals surface area contributed by atoms with E-state index in [9.17, 15) is 5.11 Å². The van der Waals surface area contributed by atoms with Gasteiger partial charge in [0.1, 0.15) is 17.1 Å². The lowest BCUT2D eigenvalue weighted by molar-refractivity contribution is 0.0619. The van der Waals surface area contributed by atoms with Crippen LogP contribution < -0.4 is 0 Å². The van der Waals surface area contributed by atoms with E-state index < -0.39 is 5.60 Å². The summed E-state index contributed by atoms with van der Waals surface area (Å²) in [7, 11) is 0. The number of hydrogen-bond acceptors (Lipinski definition) is 5. The molecule has 0 saturated heterocycles. The molecule has 8 heteroatoms. The Kier molecular flexibility index (Phi) is 4.17. The zero-order valence-corrected chi connectivity index (χ0v) is 15.8. The van der Waals surface area contributed by atoms with E-state index in [1.807, 2.05) is 41.8 Å². The second kappa shape index (κ2) is 6.55. The molecule has 0 spiro atoms. The Bertz CT molecular complexity index is 1210. The lowest BCUT2D eigenvalue weighted by atomic mass is 10.1. The highest BCUT2D eigenvalue weighted by Gasteiger charge is 2.23. The first kappa shape index (κ1) is 17.8. The first-order valence-corrected chi connectivity index (χ1v) is 8.80. The Morgan fingerprint density at radius 2 is 1.96 bits per heavy atom. The molecule has 0 saturated carbocycles. The average molecular weight is 373 g/mol. The van der Waals surface area contributed by atoms with E-state index in [1.165, 1.54) is 10.7 Å². The Morgan fingerprint density at radius 1 is 1.14 bits per heavy atom. The van der Waals surface area contributed by atoms with Crippen LogP contribution in [0.2, 0.25) is 0 Å². The van der Waals surface area contributed by atoms with Crippen LogP contribution in [0.5, 0.6) is 0 Å². The van der Waals surface area contributed by atoms with Gasteiger partial charge in [0.2, 0.25) is 5.65 Å². The second-order valence-electron chi connectivity index (χ2n) is 7.26. The summed E-state index contributed by atoms with van der Waals surface area (Å²) in [5.41, 5.74) is 3.29. The minimum atomic E-state index is -0.937. The zero-order valence-electron chi connectivity index (χ0n) is 15.8. The van der Waals surface area contributed by atoms with Crippen molar-refractivity contribution in [3.05, 3.63) is 60.0 Å². The Balaban J connectivity index is 1.95. The third kappa shape index (κ3) is 3.23. The van der Waals surface area contributed by atoms with Gasteiger partial charge in [0.05, 0.1) is 30.4 Å². The fourth-order valence-electron chi connectivity index (χ4n) is 3.11. The normalized spacial score (nSPS) is 11.7. The number of pyridine rings is 1. The zero-order chi connectivity index (χ0) is 19.9. The molecule has 28 heavy (non-hydrogen) atoms. The molecule has 4 rings (SSSR count). The lowest BCUT2D eigenvalue weighted by Gasteiger charge is -2.19. The molecule has 0 aromatic carbocycles. The van der Waals surface area contributed by atoms with Gasteiger partial charge in [-0.1, -0.05) is 17.7 Å². The third-order valence-electron chi connectivity index (χ3n) is 4.23. The van der Waals surface area contributed by atoms with Crippen LogP contribution in [0.15, 0.2) is 42.9 Å². The van der Waals surface area contributed by atoms with Gasteiger partial charge >= 0.3 is 0 Å². The summed E-state index contributed by atoms with van der Waals surface area (Å²) < 4.78 is 3.37. The van der Waals surface area contributed by atoms with E-state index in [-0.39, 0.29) is 0 Å². The van der Waals surface area contributed by atoms with Crippen LogP contribution in [0.3, 0.4) is 0 Å². The van der Waals surface area contributed by atoms with Crippen LogP contribution >= 0.6 is 0 Å². The van der Waals surface area contributed by atoms with Gasteiger partial charge in [0.25, 0.3) is 5.82 Å². The molecule has 140 valence electrons. The summed E-state index contributed by atoms with van der Waals surface area (Å²) in [5.74, 6) is 0.334. The smallest absolute Gasteiger partial charge is 0.275 e. The molecule has 1 N–H and O–H groups in total. The van der Waals surface area contributed by atoms with E-state index in [4.69, 9.17) is 6.57 Å². The first-order valence-electron chi connectivity index (χ1n) is 8.80. The molecule has 4 aromatic heterocycles. The van der Waals surface area contributed by atoms with Crippen molar-refractivity contribution in [3.63, 3.8) is 0 Å². The molecule has 0 atom stereocenters. The van der Waals surface area contributed by atoms with Gasteiger partial charge in [-0.25, -0.2) is 9.97 Å². The second-order valence-corrected chi connectivity index (χ2v) is 7.26. The number of rotatable bonds is 4. The summed E-state index contributed by atoms with van der Waals surface area (Å²) in [6.45, 7) is 13.1. The third-order valence-corrected chi connectivity index (χ3v) is 4.23. The van der Waals surface area contributed by atoms with Crippen LogP contribution in [0, 0.1) is 13.5 Å². The molecule has 4 aromatic rings. The minimum absolute atomic E-state index is 0.334. The molecule has 0 fully saturated rings. The van der Waals surface area contributed by atoms with Gasteiger partial charge in [-0.2, -0.15) is 0 Å². The van der Waals surface area contributed by atoms with Gasteiger partial charge in [-0.3, -0.25) is 4.98 Å². The van der Waals surface area contributed by atoms with E-state index in [2.05, 4.69) is 24.9 Å². The number of aliphatic hydroxyl groups is 1. The summed E-state index contributed by atoms with van der Waals surface area (Å²) in [6.07, 6.45) is 3.18. The first-order chi connectivity index (χ1) is 13.4. The number of nitrogens with zero attached hydrogens (tertiary/aromatic N) is 7. The monoisotopic (exact) mass is 373 g/mol. The van der Waals surface area contributed by atoms with Crippen molar-refractivity contribution in [2.75, 3.05) is 0 Å². The summed E-state index contributed by atoms with van der Waals surface area (Å²) in [5, 5.41) is 15.0. The van der Waals surface area contributed by atoms with Crippen molar-refractivity contribution in [1.29, 1.82) is 0 Å². The molecule has 0 bridgehead atoms. The maximum absolute atomic E-state index is 10.3. The van der Waals surface area contributed by atoms with Crippen molar-refractivity contribution in [3.8, 4) is 22.8 Å². The molecule has 0 radical (unpaired) electrons. The number of imidazole rings is 2. The Hall–Kier alpha value is -3.57. The minimum Gasteiger partial charge on any atom is -0.389 e. The van der Waals surface area contributed by atoms with E-state index in [0.717, 1.165) is 17.1 Å². The van der Waals surface area contributed by atoms with Crippen molar-refractivity contribution in [2.24, 2.45) is 0 Å². The van der Waals surface area contributed by atoms with Crippen molar-refractivity contribution in [1.82, 2.24) is 29.1 Å². The number of aromatic nitrogens is 6. The van der Waals surface area contributed by atoms with Crippen molar-refractivity contribution in [2.45, 2.75) is 32.9 Å². The van der Waals surface area contributed by atoms with E-state index in [0.29, 0.717) is 29.4 Å². The molecule has 0 aliphatic heterocycles. The van der Waals surface area contributed by atoms with Crippen LogP contribution in [0.25, 0.3) is 33.3 Å². The predicted molar refractivity (Wildman–Crippen MR) is 105 cm³/mol. The van der Waals surface area contributed by atoms with Gasteiger partial charge in [-0.15, -0.1) is 4.52 Å². The molecule has 0 aliphatic carbocycles. The highest BCUT2D eigenvalue weighted by atomic mass is 16.3. The molecule has 0 unspecified atom stereocenters. The van der Waals surface area contributed by atoms with Gasteiger partial charge in [-0.05, 0) is 39.0 Å². The van der Waals surface area contributed by atoms with Gasteiger partial charge in [0.15, 0.2) is 0 Å². The summed E-state index contributed by atoms with van der Waals surface area (Å²) in [4.78, 5) is 16.8. The van der Waals surface area contributed by atoms with Crippen LogP contribution in [0.4, 0.5) is 5.82 Å². The van der Waals surface area contributed by atoms with Crippen LogP contribution in [-0.4, -0.2) is 39.8 Å². The maximum Gasteiger partial charge on any atom is 0.275 e. The van der Waals surface area contributed by atoms with E-state index in [1.54, 1.807) is 20.2 Å². The highest BCUT2D eigenvalue weighted by molar-refractivity contribution is 5.75. The van der Waals surface area contributed by atoms with E-state index >= 15 is 0 Å². The van der Waals surface area contributed by atoms with Crippen LogP contribution in [0.1, 0.15) is 19.5 Å². The quantitative estimate of drug-likeness (QED) is 0.555. The highest BCUT2D eigenvalue weighted by Crippen LogP contribution is 2.31. The number of aryl methyl sites for hydroxylation is 1. The van der Waals surface area contributed by atoms with Gasteiger partial charge in [0, 0.05) is 11.8 Å². The van der Waals surface area contributed by atoms with Gasteiger partial charge < -0.3 is 14.5 Å². The fraction of sp³-hybridized carbons (Fsp3) is 0.250. The fourth-order valence-corrected chi connectivity index (χ4v) is 3.11. The summed E-state index contributed by atoms with van der Waals surface area (Å²) >= 11 is 0. The molecular weight excluding hydrogens is 354 g/mol. The Labute approximate surface area is 162 Å². The molecule has 4 heterocycles. The number of fused-ring (bicyclic) bond motifs is 1. The van der Waals surface area contributed by atoms with Crippen molar-refractivity contribution >= 4 is 11.5 Å². The number of hydrogen-bond donors (Lipinski definition) is 1. The summed E-state index contributed by atoms with van der Waals surface area (Å²) in [6, 6.07) is 9.40. The molecular formula is C20H19N7O. The molecule has 0 amide bonds. The maximum atomic E-state index is 10.3. The Morgan fingerprint density at radius 3 is 2.68 bits per heavy atom. The molecule has 0 aliphatic rings. The standard InChI is InChI=1S/C20H19N7O/c1-13-6-5-7-14(24-13)18-19(26(12-23-18)11-20(2,3)28)15-8-9-16-22-10-17(21-4)27(16)25-15/h5-10,12,28H,11H2,1-3H3. The predicted octanol–water partition coefficient (Wildman–Crippen LogP) is 3.28. The largest absolute Gasteiger partial charge is 0.389 e. The van der Waals surface area contributed by atoms with Crippen molar-refractivity contribution < 1.29 is 5.11 Å². The topological polar surface area (TPSA) is 85.5 Å². The SMILES string of the molecule is [C-]#[N+]c1cnc2ccc(-c3c(-c4cccc(C)n4)ncn3CC(C)(C)O)nn12. The average Bonchev–Trinajstić information content (AvgIpc) is 3.23. The van der Waals surface area contributed by atoms with Crippen LogP contribution in [-0.2, 0) is 6.54 Å². The lowest BCUT2D eigenvalue weighted by Crippen LogP contribution is -2.26. The molecule has 8 nitrogen and oxygen atoms in total.